The molecule has 2 aliphatic rings. The summed E-state index contributed by atoms with van der Waals surface area (Å²) in [4.78, 5) is 29.8. The largest absolute Gasteiger partial charge is 0.368 e. The summed E-state index contributed by atoms with van der Waals surface area (Å²) in [5.74, 6) is 0.243. The van der Waals surface area contributed by atoms with Gasteiger partial charge in [0.1, 0.15) is 0 Å². The Bertz CT molecular complexity index is 945. The number of hydrogen-bond acceptors (Lipinski definition) is 3. The molecule has 5 nitrogen and oxygen atoms in total. The predicted molar refractivity (Wildman–Crippen MR) is 129 cm³/mol. The second kappa shape index (κ2) is 10.6. The molecule has 2 amide bonds. The molecule has 4 rings (SSSR count). The second-order valence-electron chi connectivity index (χ2n) is 8.70. The molecule has 7 heteroatoms. The van der Waals surface area contributed by atoms with Gasteiger partial charge >= 0.3 is 0 Å². The number of hydrogen-bond donors (Lipinski definition) is 1. The lowest BCUT2D eigenvalue weighted by atomic mass is 9.84. The number of nitrogens with zero attached hydrogens (tertiary/aromatic N) is 2. The number of amides is 2. The van der Waals surface area contributed by atoms with E-state index in [4.69, 9.17) is 23.2 Å². The van der Waals surface area contributed by atoms with Gasteiger partial charge in [0.15, 0.2) is 0 Å². The van der Waals surface area contributed by atoms with Gasteiger partial charge in [-0.2, -0.15) is 0 Å². The minimum Gasteiger partial charge on any atom is -0.368 e. The highest BCUT2D eigenvalue weighted by atomic mass is 35.5. The fourth-order valence-corrected chi connectivity index (χ4v) is 5.02. The molecule has 32 heavy (non-hydrogen) atoms. The molecule has 170 valence electrons. The Morgan fingerprint density at radius 3 is 2.41 bits per heavy atom. The third-order valence-corrected chi connectivity index (χ3v) is 7.19. The van der Waals surface area contributed by atoms with Gasteiger partial charge in [0, 0.05) is 43.8 Å². The summed E-state index contributed by atoms with van der Waals surface area (Å²) in [6.45, 7) is 2.93. The quantitative estimate of drug-likeness (QED) is 0.692. The molecule has 0 spiro atoms. The Labute approximate surface area is 199 Å². The molecule has 1 saturated carbocycles. The van der Waals surface area contributed by atoms with Crippen LogP contribution in [0.25, 0.3) is 0 Å². The van der Waals surface area contributed by atoms with Crippen molar-refractivity contribution >= 4 is 40.7 Å². The molecule has 2 aromatic carbocycles. The van der Waals surface area contributed by atoms with Crippen LogP contribution in [-0.4, -0.2) is 48.9 Å². The fourth-order valence-electron chi connectivity index (χ4n) is 4.73. The van der Waals surface area contributed by atoms with Crippen molar-refractivity contribution in [2.24, 2.45) is 5.92 Å². The van der Waals surface area contributed by atoms with Gasteiger partial charge in [0.25, 0.3) is 0 Å². The van der Waals surface area contributed by atoms with Crippen LogP contribution in [0.4, 0.5) is 5.69 Å². The van der Waals surface area contributed by atoms with Gasteiger partial charge in [-0.1, -0.05) is 60.0 Å². The van der Waals surface area contributed by atoms with Crippen LogP contribution in [0.2, 0.25) is 10.0 Å². The molecule has 2 aromatic rings. The van der Waals surface area contributed by atoms with Crippen LogP contribution < -0.4 is 10.2 Å². The molecule has 0 bridgehead atoms. The first-order chi connectivity index (χ1) is 15.5. The monoisotopic (exact) mass is 473 g/mol. The number of carbonyl (C=O) groups excluding carboxylic acids is 2. The van der Waals surface area contributed by atoms with E-state index < -0.39 is 0 Å². The number of benzene rings is 2. The molecule has 1 N–H and O–H groups in total. The van der Waals surface area contributed by atoms with Crippen molar-refractivity contribution in [2.75, 3.05) is 31.1 Å². The molecule has 2 unspecified atom stereocenters. The Morgan fingerprint density at radius 1 is 0.938 bits per heavy atom. The van der Waals surface area contributed by atoms with E-state index in [2.05, 4.69) is 10.2 Å². The Balaban J connectivity index is 1.27. The van der Waals surface area contributed by atoms with Gasteiger partial charge in [-0.25, -0.2) is 0 Å². The first kappa shape index (κ1) is 22.9. The molecule has 1 heterocycles. The van der Waals surface area contributed by atoms with Crippen LogP contribution in [0, 0.1) is 5.92 Å². The third kappa shape index (κ3) is 5.76. The fraction of sp³-hybridized carbons (Fsp3) is 0.440. The molecular formula is C25H29Cl2N3O2. The number of halogens is 2. The number of carbonyl (C=O) groups is 2. The van der Waals surface area contributed by atoms with Crippen LogP contribution in [-0.2, 0) is 16.0 Å². The molecule has 1 aliphatic carbocycles. The van der Waals surface area contributed by atoms with Crippen molar-refractivity contribution in [2.45, 2.75) is 38.1 Å². The van der Waals surface area contributed by atoms with Gasteiger partial charge in [-0.15, -0.1) is 0 Å². The summed E-state index contributed by atoms with van der Waals surface area (Å²) in [6, 6.07) is 15.5. The van der Waals surface area contributed by atoms with Crippen LogP contribution in [0.5, 0.6) is 0 Å². The van der Waals surface area contributed by atoms with E-state index in [1.54, 1.807) is 0 Å². The number of nitrogens with one attached hydrogen (secondary N) is 1. The summed E-state index contributed by atoms with van der Waals surface area (Å²) < 4.78 is 0. The SMILES string of the molecule is O=C(Cc1ccccc1)NC1CCCC(C(=O)N2CCN(c3ccc(Cl)c(Cl)c3)CC2)C1. The van der Waals surface area contributed by atoms with Crippen molar-refractivity contribution in [3.05, 3.63) is 64.1 Å². The summed E-state index contributed by atoms with van der Waals surface area (Å²) in [5.41, 5.74) is 2.04. The van der Waals surface area contributed by atoms with Crippen LogP contribution in [0.1, 0.15) is 31.2 Å². The van der Waals surface area contributed by atoms with Crippen molar-refractivity contribution < 1.29 is 9.59 Å². The van der Waals surface area contributed by atoms with Gasteiger partial charge in [-0.3, -0.25) is 9.59 Å². The smallest absolute Gasteiger partial charge is 0.225 e. The number of rotatable bonds is 5. The Kier molecular flexibility index (Phi) is 7.59. The predicted octanol–water partition coefficient (Wildman–Crippen LogP) is 4.56. The summed E-state index contributed by atoms with van der Waals surface area (Å²) in [7, 11) is 0. The topological polar surface area (TPSA) is 52.7 Å². The zero-order valence-electron chi connectivity index (χ0n) is 18.1. The average molecular weight is 474 g/mol. The highest BCUT2D eigenvalue weighted by Gasteiger charge is 2.32. The minimum atomic E-state index is -0.0118. The molecule has 2 atom stereocenters. The van der Waals surface area contributed by atoms with Crippen molar-refractivity contribution in [3.63, 3.8) is 0 Å². The van der Waals surface area contributed by atoms with E-state index in [9.17, 15) is 9.59 Å². The standard InChI is InChI=1S/C25H29Cl2N3O2/c26-22-10-9-21(17-23(22)27)29-11-13-30(14-12-29)25(32)19-7-4-8-20(16-19)28-24(31)15-18-5-2-1-3-6-18/h1-3,5-6,9-10,17,19-20H,4,7-8,11-16H2,(H,28,31). The number of piperazine rings is 1. The van der Waals surface area contributed by atoms with Crippen LogP contribution in [0.3, 0.4) is 0 Å². The lowest BCUT2D eigenvalue weighted by Crippen LogP contribution is -2.51. The lowest BCUT2D eigenvalue weighted by molar-refractivity contribution is -0.137. The lowest BCUT2D eigenvalue weighted by Gasteiger charge is -2.39. The maximum Gasteiger partial charge on any atom is 0.225 e. The molecule has 1 saturated heterocycles. The Morgan fingerprint density at radius 2 is 1.69 bits per heavy atom. The first-order valence-electron chi connectivity index (χ1n) is 11.3. The third-order valence-electron chi connectivity index (χ3n) is 6.46. The van der Waals surface area contributed by atoms with Gasteiger partial charge < -0.3 is 15.1 Å². The molecule has 1 aliphatic heterocycles. The second-order valence-corrected chi connectivity index (χ2v) is 9.52. The van der Waals surface area contributed by atoms with E-state index >= 15 is 0 Å². The zero-order valence-corrected chi connectivity index (χ0v) is 19.6. The van der Waals surface area contributed by atoms with Crippen molar-refractivity contribution in [3.8, 4) is 0 Å². The van der Waals surface area contributed by atoms with Crippen molar-refractivity contribution in [1.29, 1.82) is 0 Å². The highest BCUT2D eigenvalue weighted by Crippen LogP contribution is 2.29. The summed E-state index contributed by atoms with van der Waals surface area (Å²) in [6.07, 6.45) is 3.92. The van der Waals surface area contributed by atoms with E-state index in [1.165, 1.54) is 0 Å². The highest BCUT2D eigenvalue weighted by molar-refractivity contribution is 6.42. The molecule has 0 aromatic heterocycles. The Hall–Kier alpha value is -2.24. The van der Waals surface area contributed by atoms with Gasteiger partial charge in [-0.05, 0) is 43.0 Å². The first-order valence-corrected chi connectivity index (χ1v) is 12.1. The van der Waals surface area contributed by atoms with E-state index in [0.29, 0.717) is 29.6 Å². The summed E-state index contributed by atoms with van der Waals surface area (Å²) in [5, 5.41) is 4.25. The van der Waals surface area contributed by atoms with Crippen LogP contribution in [0.15, 0.2) is 48.5 Å². The van der Waals surface area contributed by atoms with Gasteiger partial charge in [0.05, 0.1) is 16.5 Å². The van der Waals surface area contributed by atoms with E-state index in [-0.39, 0.29) is 23.8 Å². The minimum absolute atomic E-state index is 0.0118. The van der Waals surface area contributed by atoms with Crippen LogP contribution >= 0.6 is 23.2 Å². The number of anilines is 1. The van der Waals surface area contributed by atoms with Crippen molar-refractivity contribution in [1.82, 2.24) is 10.2 Å². The van der Waals surface area contributed by atoms with Gasteiger partial charge in [0.2, 0.25) is 11.8 Å². The summed E-state index contributed by atoms with van der Waals surface area (Å²) >= 11 is 12.2. The maximum atomic E-state index is 13.2. The zero-order chi connectivity index (χ0) is 22.5. The van der Waals surface area contributed by atoms with E-state index in [0.717, 1.165) is 50.0 Å². The normalized spacial score (nSPS) is 21.3. The maximum absolute atomic E-state index is 13.2. The molecule has 0 radical (unpaired) electrons. The average Bonchev–Trinajstić information content (AvgIpc) is 2.81. The molecule has 2 fully saturated rings. The van der Waals surface area contributed by atoms with E-state index in [1.807, 2.05) is 53.4 Å². The molecular weight excluding hydrogens is 445 g/mol.